The summed E-state index contributed by atoms with van der Waals surface area (Å²) < 4.78 is 25.2. The first kappa shape index (κ1) is 11.4. The van der Waals surface area contributed by atoms with Gasteiger partial charge in [0.25, 0.3) is 0 Å². The van der Waals surface area contributed by atoms with E-state index in [0.717, 1.165) is 5.69 Å². The Labute approximate surface area is 96.1 Å². The topological polar surface area (TPSA) is 58.2 Å². The number of hydrogen-bond donors (Lipinski definition) is 2. The van der Waals surface area contributed by atoms with Crippen LogP contribution in [0.3, 0.4) is 0 Å². The maximum absolute atomic E-state index is 11.5. The molecule has 0 spiro atoms. The van der Waals surface area contributed by atoms with Crippen molar-refractivity contribution < 1.29 is 8.42 Å². The largest absolute Gasteiger partial charge is 0.382 e. The molecule has 1 aliphatic rings. The van der Waals surface area contributed by atoms with Gasteiger partial charge in [-0.1, -0.05) is 0 Å². The van der Waals surface area contributed by atoms with Crippen molar-refractivity contribution in [2.75, 3.05) is 12.4 Å². The Bertz CT molecular complexity index is 449. The maximum atomic E-state index is 11.5. The number of hydrogen-bond acceptors (Lipinski definition) is 3. The quantitative estimate of drug-likeness (QED) is 0.839. The Balaban J connectivity index is 2.09. The molecule has 16 heavy (non-hydrogen) atoms. The second-order valence-corrected chi connectivity index (χ2v) is 5.89. The van der Waals surface area contributed by atoms with E-state index in [1.807, 2.05) is 12.1 Å². The lowest BCUT2D eigenvalue weighted by Crippen LogP contribution is -2.27. The van der Waals surface area contributed by atoms with Crippen molar-refractivity contribution in [2.24, 2.45) is 0 Å². The van der Waals surface area contributed by atoms with Crippen LogP contribution in [0.15, 0.2) is 29.2 Å². The summed E-state index contributed by atoms with van der Waals surface area (Å²) in [5, 5.41) is 3.36. The van der Waals surface area contributed by atoms with Gasteiger partial charge in [-0.25, -0.2) is 13.1 Å². The van der Waals surface area contributed by atoms with E-state index in [0.29, 0.717) is 10.9 Å². The van der Waals surface area contributed by atoms with Crippen molar-refractivity contribution in [3.63, 3.8) is 0 Å². The molecule has 2 rings (SSSR count). The summed E-state index contributed by atoms with van der Waals surface area (Å²) in [6.07, 6.45) is 3.69. The third-order valence-electron chi connectivity index (χ3n) is 2.91. The van der Waals surface area contributed by atoms with E-state index < -0.39 is 10.0 Å². The van der Waals surface area contributed by atoms with Crippen LogP contribution >= 0.6 is 0 Å². The molecule has 88 valence electrons. The highest BCUT2D eigenvalue weighted by Crippen LogP contribution is 2.23. The third-order valence-corrected chi connectivity index (χ3v) is 4.34. The molecule has 2 N–H and O–H groups in total. The lowest BCUT2D eigenvalue weighted by Gasteiger charge is -2.27. The minimum atomic E-state index is -3.31. The normalized spacial score (nSPS) is 16.8. The van der Waals surface area contributed by atoms with Gasteiger partial charge in [0.15, 0.2) is 0 Å². The standard InChI is InChI=1S/C11H16N2O2S/c1-12-16(14,15)11-7-5-10(6-8-11)13-9-3-2-4-9/h5-9,12-13H,2-4H2,1H3. The lowest BCUT2D eigenvalue weighted by molar-refractivity contribution is 0.445. The summed E-state index contributed by atoms with van der Waals surface area (Å²) in [5.41, 5.74) is 0.986. The SMILES string of the molecule is CNS(=O)(=O)c1ccc(NC2CCC2)cc1. The number of rotatable bonds is 4. The molecular weight excluding hydrogens is 224 g/mol. The van der Waals surface area contributed by atoms with E-state index in [1.165, 1.54) is 26.3 Å². The van der Waals surface area contributed by atoms with Gasteiger partial charge in [-0.3, -0.25) is 0 Å². The number of nitrogens with one attached hydrogen (secondary N) is 2. The van der Waals surface area contributed by atoms with E-state index in [1.54, 1.807) is 12.1 Å². The number of benzene rings is 1. The van der Waals surface area contributed by atoms with Gasteiger partial charge >= 0.3 is 0 Å². The predicted octanol–water partition coefficient (Wildman–Crippen LogP) is 1.56. The van der Waals surface area contributed by atoms with E-state index in [2.05, 4.69) is 10.0 Å². The molecule has 1 saturated carbocycles. The fourth-order valence-corrected chi connectivity index (χ4v) is 2.37. The number of sulfonamides is 1. The molecule has 0 atom stereocenters. The lowest BCUT2D eigenvalue weighted by atomic mass is 9.93. The first-order valence-corrected chi connectivity index (χ1v) is 6.90. The molecule has 0 aromatic heterocycles. The van der Waals surface area contributed by atoms with Crippen molar-refractivity contribution in [3.05, 3.63) is 24.3 Å². The molecule has 0 bridgehead atoms. The second-order valence-electron chi connectivity index (χ2n) is 4.00. The van der Waals surface area contributed by atoms with Gasteiger partial charge < -0.3 is 5.32 Å². The van der Waals surface area contributed by atoms with Crippen LogP contribution in [-0.4, -0.2) is 21.5 Å². The van der Waals surface area contributed by atoms with Crippen LogP contribution in [0.25, 0.3) is 0 Å². The van der Waals surface area contributed by atoms with Gasteiger partial charge in [-0.15, -0.1) is 0 Å². The molecular formula is C11H16N2O2S. The van der Waals surface area contributed by atoms with Crippen LogP contribution in [0.2, 0.25) is 0 Å². The molecule has 5 heteroatoms. The molecule has 0 aliphatic heterocycles. The Morgan fingerprint density at radius 1 is 1.19 bits per heavy atom. The van der Waals surface area contributed by atoms with Crippen LogP contribution in [0, 0.1) is 0 Å². The zero-order valence-corrected chi connectivity index (χ0v) is 10.0. The molecule has 0 radical (unpaired) electrons. The van der Waals surface area contributed by atoms with Gasteiger partial charge in [0.2, 0.25) is 10.0 Å². The van der Waals surface area contributed by atoms with Gasteiger partial charge in [0, 0.05) is 11.7 Å². The first-order valence-electron chi connectivity index (χ1n) is 5.42. The highest BCUT2D eigenvalue weighted by molar-refractivity contribution is 7.89. The molecule has 0 unspecified atom stereocenters. The zero-order chi connectivity index (χ0) is 11.6. The Kier molecular flexibility index (Phi) is 3.16. The average Bonchev–Trinajstić information content (AvgIpc) is 2.24. The van der Waals surface area contributed by atoms with Gasteiger partial charge in [0.05, 0.1) is 4.90 Å². The van der Waals surface area contributed by atoms with Gasteiger partial charge in [-0.05, 0) is 50.6 Å². The van der Waals surface area contributed by atoms with E-state index in [-0.39, 0.29) is 0 Å². The molecule has 1 aliphatic carbocycles. The van der Waals surface area contributed by atoms with Crippen molar-refractivity contribution in [2.45, 2.75) is 30.2 Å². The Hall–Kier alpha value is -1.07. The molecule has 4 nitrogen and oxygen atoms in total. The van der Waals surface area contributed by atoms with Crippen LogP contribution in [0.4, 0.5) is 5.69 Å². The second kappa shape index (κ2) is 4.43. The van der Waals surface area contributed by atoms with E-state index >= 15 is 0 Å². The summed E-state index contributed by atoms with van der Waals surface area (Å²) in [5.74, 6) is 0. The van der Waals surface area contributed by atoms with Crippen LogP contribution in [0.5, 0.6) is 0 Å². The summed E-state index contributed by atoms with van der Waals surface area (Å²) in [4.78, 5) is 0.300. The molecule has 1 aromatic rings. The van der Waals surface area contributed by atoms with Crippen molar-refractivity contribution >= 4 is 15.7 Å². The van der Waals surface area contributed by atoms with E-state index in [9.17, 15) is 8.42 Å². The Morgan fingerprint density at radius 2 is 1.81 bits per heavy atom. The molecule has 1 fully saturated rings. The highest BCUT2D eigenvalue weighted by Gasteiger charge is 2.17. The van der Waals surface area contributed by atoms with Gasteiger partial charge in [0.1, 0.15) is 0 Å². The predicted molar refractivity (Wildman–Crippen MR) is 63.9 cm³/mol. The van der Waals surface area contributed by atoms with Crippen LogP contribution in [-0.2, 0) is 10.0 Å². The van der Waals surface area contributed by atoms with Crippen molar-refractivity contribution in [1.82, 2.24) is 4.72 Å². The Morgan fingerprint density at radius 3 is 2.25 bits per heavy atom. The van der Waals surface area contributed by atoms with Gasteiger partial charge in [-0.2, -0.15) is 0 Å². The van der Waals surface area contributed by atoms with E-state index in [4.69, 9.17) is 0 Å². The summed E-state index contributed by atoms with van der Waals surface area (Å²) in [6, 6.07) is 7.41. The van der Waals surface area contributed by atoms with Crippen LogP contribution < -0.4 is 10.0 Å². The highest BCUT2D eigenvalue weighted by atomic mass is 32.2. The fraction of sp³-hybridized carbons (Fsp3) is 0.455. The molecule has 0 amide bonds. The summed E-state index contributed by atoms with van der Waals surface area (Å²) in [7, 11) is -1.90. The first-order chi connectivity index (χ1) is 7.62. The molecule has 0 heterocycles. The van der Waals surface area contributed by atoms with Crippen LogP contribution in [0.1, 0.15) is 19.3 Å². The zero-order valence-electron chi connectivity index (χ0n) is 9.23. The summed E-state index contributed by atoms with van der Waals surface area (Å²) >= 11 is 0. The minimum Gasteiger partial charge on any atom is -0.382 e. The fourth-order valence-electron chi connectivity index (χ4n) is 1.64. The molecule has 1 aromatic carbocycles. The monoisotopic (exact) mass is 240 g/mol. The minimum absolute atomic E-state index is 0.300. The van der Waals surface area contributed by atoms with Crippen molar-refractivity contribution in [3.8, 4) is 0 Å². The summed E-state index contributed by atoms with van der Waals surface area (Å²) in [6.45, 7) is 0. The average molecular weight is 240 g/mol. The number of anilines is 1. The third kappa shape index (κ3) is 2.36. The molecule has 0 saturated heterocycles. The maximum Gasteiger partial charge on any atom is 0.240 e. The van der Waals surface area contributed by atoms with Crippen molar-refractivity contribution in [1.29, 1.82) is 0 Å². The smallest absolute Gasteiger partial charge is 0.240 e.